The van der Waals surface area contributed by atoms with Crippen LogP contribution in [0.1, 0.15) is 5.56 Å². The Bertz CT molecular complexity index is 2300. The van der Waals surface area contributed by atoms with E-state index in [1.807, 2.05) is 47.7 Å². The van der Waals surface area contributed by atoms with Gasteiger partial charge < -0.3 is 4.42 Å². The van der Waals surface area contributed by atoms with E-state index in [9.17, 15) is 5.26 Å². The Kier molecular flexibility index (Phi) is 5.10. The number of thiophene rings is 1. The monoisotopic (exact) mass is 527 g/mol. The molecule has 0 amide bonds. The number of nitriles is 1. The maximum atomic E-state index is 9.66. The van der Waals surface area contributed by atoms with Gasteiger partial charge in [0.05, 0.1) is 11.6 Å². The predicted molar refractivity (Wildman–Crippen MR) is 168 cm³/mol. The molecule has 0 saturated carbocycles. The molecule has 0 radical (unpaired) electrons. The van der Waals surface area contributed by atoms with E-state index in [-0.39, 0.29) is 0 Å². The summed E-state index contributed by atoms with van der Waals surface area (Å²) in [6.45, 7) is 0. The standard InChI is InChI=1S/C37H21NOS/c38-22-23-7-5-8-24(19-23)31-20-26(28-11-6-14-36-37(28)30-10-2-4-13-35(30)40-36)15-17-27(31)25-16-18-34-32(21-25)29-9-1-3-12-33(29)39-34/h1-21H. The predicted octanol–water partition coefficient (Wildman–Crippen LogP) is 10.8. The Morgan fingerprint density at radius 3 is 2.15 bits per heavy atom. The van der Waals surface area contributed by atoms with Crippen LogP contribution in [-0.2, 0) is 0 Å². The van der Waals surface area contributed by atoms with Crippen molar-refractivity contribution in [3.05, 3.63) is 133 Å². The molecule has 3 heteroatoms. The van der Waals surface area contributed by atoms with Crippen molar-refractivity contribution in [1.29, 1.82) is 5.26 Å². The molecule has 2 heterocycles. The molecule has 0 fully saturated rings. The van der Waals surface area contributed by atoms with E-state index in [1.165, 1.54) is 25.7 Å². The molecule has 186 valence electrons. The van der Waals surface area contributed by atoms with Gasteiger partial charge in [0.2, 0.25) is 0 Å². The Hall–Kier alpha value is -5.17. The number of furan rings is 1. The summed E-state index contributed by atoms with van der Waals surface area (Å²) in [6, 6.07) is 46.7. The maximum Gasteiger partial charge on any atom is 0.135 e. The molecule has 8 rings (SSSR count). The van der Waals surface area contributed by atoms with Crippen LogP contribution in [0, 0.1) is 11.3 Å². The van der Waals surface area contributed by atoms with E-state index in [0.717, 1.165) is 49.8 Å². The zero-order chi connectivity index (χ0) is 26.6. The number of hydrogen-bond donors (Lipinski definition) is 0. The molecule has 0 spiro atoms. The number of benzene rings is 6. The van der Waals surface area contributed by atoms with Gasteiger partial charge in [0.1, 0.15) is 11.2 Å². The molecule has 2 nitrogen and oxygen atoms in total. The lowest BCUT2D eigenvalue weighted by atomic mass is 9.89. The van der Waals surface area contributed by atoms with Crippen LogP contribution >= 0.6 is 11.3 Å². The second-order valence-electron chi connectivity index (χ2n) is 10.0. The third-order valence-electron chi connectivity index (χ3n) is 7.72. The van der Waals surface area contributed by atoms with E-state index in [0.29, 0.717) is 5.56 Å². The summed E-state index contributed by atoms with van der Waals surface area (Å²) >= 11 is 1.83. The summed E-state index contributed by atoms with van der Waals surface area (Å²) in [5.74, 6) is 0. The third-order valence-corrected chi connectivity index (χ3v) is 8.86. The van der Waals surface area contributed by atoms with Crippen molar-refractivity contribution in [2.24, 2.45) is 0 Å². The molecule has 0 atom stereocenters. The minimum absolute atomic E-state index is 0.649. The Balaban J connectivity index is 1.39. The molecule has 2 aromatic heterocycles. The van der Waals surface area contributed by atoms with Crippen LogP contribution in [0.2, 0.25) is 0 Å². The first-order valence-corrected chi connectivity index (χ1v) is 14.1. The van der Waals surface area contributed by atoms with Crippen LogP contribution in [0.5, 0.6) is 0 Å². The van der Waals surface area contributed by atoms with Crippen molar-refractivity contribution in [3.8, 4) is 39.4 Å². The maximum absolute atomic E-state index is 9.66. The van der Waals surface area contributed by atoms with Crippen LogP contribution in [0.3, 0.4) is 0 Å². The molecular weight excluding hydrogens is 506 g/mol. The largest absolute Gasteiger partial charge is 0.456 e. The molecule has 0 aliphatic rings. The Labute approximate surface area is 235 Å². The van der Waals surface area contributed by atoms with E-state index in [1.54, 1.807) is 0 Å². The van der Waals surface area contributed by atoms with Gasteiger partial charge in [-0.1, -0.05) is 78.9 Å². The topological polar surface area (TPSA) is 36.9 Å². The highest BCUT2D eigenvalue weighted by atomic mass is 32.1. The van der Waals surface area contributed by atoms with Crippen LogP contribution in [0.25, 0.3) is 75.5 Å². The van der Waals surface area contributed by atoms with Crippen molar-refractivity contribution in [1.82, 2.24) is 0 Å². The van der Waals surface area contributed by atoms with Gasteiger partial charge in [-0.25, -0.2) is 0 Å². The molecule has 40 heavy (non-hydrogen) atoms. The number of hydrogen-bond acceptors (Lipinski definition) is 3. The molecule has 0 saturated heterocycles. The number of para-hydroxylation sites is 1. The first-order valence-electron chi connectivity index (χ1n) is 13.2. The summed E-state index contributed by atoms with van der Waals surface area (Å²) in [6.07, 6.45) is 0. The van der Waals surface area contributed by atoms with E-state index >= 15 is 0 Å². The van der Waals surface area contributed by atoms with Crippen LogP contribution in [-0.4, -0.2) is 0 Å². The SMILES string of the molecule is N#Cc1cccc(-c2cc(-c3cccc4sc5ccccc5c34)ccc2-c2ccc3oc4ccccc4c3c2)c1. The highest BCUT2D eigenvalue weighted by molar-refractivity contribution is 7.25. The van der Waals surface area contributed by atoms with Gasteiger partial charge in [-0.05, 0) is 81.9 Å². The molecule has 0 bridgehead atoms. The molecule has 0 aliphatic carbocycles. The normalized spacial score (nSPS) is 11.5. The van der Waals surface area contributed by atoms with Gasteiger partial charge in [-0.15, -0.1) is 11.3 Å². The molecule has 0 aliphatic heterocycles. The second kappa shape index (κ2) is 8.95. The second-order valence-corrected chi connectivity index (χ2v) is 11.1. The van der Waals surface area contributed by atoms with Crippen LogP contribution in [0.15, 0.2) is 132 Å². The number of rotatable bonds is 3. The average molecular weight is 528 g/mol. The lowest BCUT2D eigenvalue weighted by Crippen LogP contribution is -1.89. The van der Waals surface area contributed by atoms with Crippen LogP contribution in [0.4, 0.5) is 0 Å². The first-order chi connectivity index (χ1) is 19.8. The van der Waals surface area contributed by atoms with Crippen LogP contribution < -0.4 is 0 Å². The van der Waals surface area contributed by atoms with Crippen molar-refractivity contribution >= 4 is 53.4 Å². The first kappa shape index (κ1) is 22.8. The summed E-state index contributed by atoms with van der Waals surface area (Å²) in [4.78, 5) is 0. The highest BCUT2D eigenvalue weighted by Crippen LogP contribution is 2.43. The summed E-state index contributed by atoms with van der Waals surface area (Å²) in [7, 11) is 0. The fourth-order valence-corrected chi connectivity index (χ4v) is 7.00. The molecule has 8 aromatic rings. The minimum atomic E-state index is 0.649. The van der Waals surface area contributed by atoms with Gasteiger partial charge in [-0.3, -0.25) is 0 Å². The van der Waals surface area contributed by atoms with Gasteiger partial charge in [0, 0.05) is 30.9 Å². The molecule has 6 aromatic carbocycles. The van der Waals surface area contributed by atoms with Crippen molar-refractivity contribution in [3.63, 3.8) is 0 Å². The smallest absolute Gasteiger partial charge is 0.135 e. The van der Waals surface area contributed by atoms with Crippen molar-refractivity contribution in [2.75, 3.05) is 0 Å². The average Bonchev–Trinajstić information content (AvgIpc) is 3.59. The van der Waals surface area contributed by atoms with E-state index in [4.69, 9.17) is 4.42 Å². The van der Waals surface area contributed by atoms with Gasteiger partial charge >= 0.3 is 0 Å². The Morgan fingerprint density at radius 1 is 0.500 bits per heavy atom. The number of fused-ring (bicyclic) bond motifs is 6. The lowest BCUT2D eigenvalue weighted by Gasteiger charge is -2.14. The van der Waals surface area contributed by atoms with Gasteiger partial charge in [0.15, 0.2) is 0 Å². The third kappa shape index (κ3) is 3.55. The fourth-order valence-electron chi connectivity index (χ4n) is 5.87. The fraction of sp³-hybridized carbons (Fsp3) is 0. The molecule has 0 unspecified atom stereocenters. The zero-order valence-electron chi connectivity index (χ0n) is 21.4. The van der Waals surface area contributed by atoms with E-state index in [2.05, 4.69) is 97.1 Å². The summed E-state index contributed by atoms with van der Waals surface area (Å²) in [5.41, 5.74) is 9.15. The molecular formula is C37H21NOS. The Morgan fingerprint density at radius 2 is 1.23 bits per heavy atom. The summed E-state index contributed by atoms with van der Waals surface area (Å²) < 4.78 is 8.68. The van der Waals surface area contributed by atoms with Gasteiger partial charge in [0.25, 0.3) is 0 Å². The molecule has 0 N–H and O–H groups in total. The van der Waals surface area contributed by atoms with Crippen molar-refractivity contribution < 1.29 is 4.42 Å². The highest BCUT2D eigenvalue weighted by Gasteiger charge is 2.16. The lowest BCUT2D eigenvalue weighted by molar-refractivity contribution is 0.669. The number of nitrogens with zero attached hydrogens (tertiary/aromatic N) is 1. The van der Waals surface area contributed by atoms with E-state index < -0.39 is 0 Å². The minimum Gasteiger partial charge on any atom is -0.456 e. The quantitative estimate of drug-likeness (QED) is 0.229. The zero-order valence-corrected chi connectivity index (χ0v) is 22.2. The van der Waals surface area contributed by atoms with Gasteiger partial charge in [-0.2, -0.15) is 5.26 Å². The summed E-state index contributed by atoms with van der Waals surface area (Å²) in [5, 5.41) is 14.4. The van der Waals surface area contributed by atoms with Crippen molar-refractivity contribution in [2.45, 2.75) is 0 Å².